The zero-order valence-electron chi connectivity index (χ0n) is 13.4. The SMILES string of the molecule is CCCNc1cc(C)ccc1C(=O)NC(C)CCS(C)=O. The first-order valence-corrected chi connectivity index (χ1v) is 9.12. The van der Waals surface area contributed by atoms with Crippen LogP contribution in [-0.2, 0) is 10.8 Å². The van der Waals surface area contributed by atoms with Crippen molar-refractivity contribution in [2.75, 3.05) is 23.9 Å². The van der Waals surface area contributed by atoms with E-state index in [2.05, 4.69) is 17.6 Å². The number of carbonyl (C=O) groups excluding carboxylic acids is 1. The Hall–Kier alpha value is -1.36. The van der Waals surface area contributed by atoms with Gasteiger partial charge in [0.05, 0.1) is 5.56 Å². The maximum atomic E-state index is 12.4. The van der Waals surface area contributed by atoms with Crippen molar-refractivity contribution in [2.45, 2.75) is 39.7 Å². The minimum absolute atomic E-state index is 0.0155. The predicted molar refractivity (Wildman–Crippen MR) is 90.4 cm³/mol. The molecule has 0 bridgehead atoms. The van der Waals surface area contributed by atoms with E-state index in [1.807, 2.05) is 32.0 Å². The van der Waals surface area contributed by atoms with Crippen LogP contribution in [0.5, 0.6) is 0 Å². The van der Waals surface area contributed by atoms with Crippen molar-refractivity contribution in [3.63, 3.8) is 0 Å². The molecular formula is C16H26N2O2S. The Morgan fingerprint density at radius 3 is 2.71 bits per heavy atom. The Labute approximate surface area is 130 Å². The summed E-state index contributed by atoms with van der Waals surface area (Å²) in [4.78, 5) is 12.4. The molecule has 0 fully saturated rings. The number of benzene rings is 1. The summed E-state index contributed by atoms with van der Waals surface area (Å²) in [5.41, 5.74) is 2.67. The average Bonchev–Trinajstić information content (AvgIpc) is 2.42. The fourth-order valence-electron chi connectivity index (χ4n) is 1.98. The lowest BCUT2D eigenvalue weighted by molar-refractivity contribution is 0.0940. The van der Waals surface area contributed by atoms with Crippen molar-refractivity contribution in [2.24, 2.45) is 0 Å². The molecule has 0 saturated heterocycles. The quantitative estimate of drug-likeness (QED) is 0.776. The van der Waals surface area contributed by atoms with Crippen LogP contribution < -0.4 is 10.6 Å². The lowest BCUT2D eigenvalue weighted by Crippen LogP contribution is -2.34. The van der Waals surface area contributed by atoms with Gasteiger partial charge in [-0.05, 0) is 44.4 Å². The van der Waals surface area contributed by atoms with Crippen molar-refractivity contribution >= 4 is 22.4 Å². The van der Waals surface area contributed by atoms with Crippen LogP contribution in [0.15, 0.2) is 18.2 Å². The van der Waals surface area contributed by atoms with Gasteiger partial charge in [0, 0.05) is 41.1 Å². The molecule has 2 N–H and O–H groups in total. The molecule has 0 spiro atoms. The fourth-order valence-corrected chi connectivity index (χ4v) is 2.66. The number of anilines is 1. The summed E-state index contributed by atoms with van der Waals surface area (Å²) in [6, 6.07) is 5.81. The molecule has 1 amide bonds. The largest absolute Gasteiger partial charge is 0.384 e. The fraction of sp³-hybridized carbons (Fsp3) is 0.562. The number of amides is 1. The van der Waals surface area contributed by atoms with Crippen LogP contribution in [0.25, 0.3) is 0 Å². The minimum Gasteiger partial charge on any atom is -0.384 e. The van der Waals surface area contributed by atoms with Crippen molar-refractivity contribution < 1.29 is 9.00 Å². The van der Waals surface area contributed by atoms with E-state index in [-0.39, 0.29) is 11.9 Å². The second-order valence-electron chi connectivity index (χ2n) is 5.42. The zero-order chi connectivity index (χ0) is 15.8. The van der Waals surface area contributed by atoms with Crippen LogP contribution in [0, 0.1) is 6.92 Å². The van der Waals surface area contributed by atoms with Gasteiger partial charge in [0.1, 0.15) is 0 Å². The third-order valence-corrected chi connectivity index (χ3v) is 4.01. The number of nitrogens with one attached hydrogen (secondary N) is 2. The molecule has 1 aromatic rings. The van der Waals surface area contributed by atoms with Gasteiger partial charge in [-0.1, -0.05) is 13.0 Å². The van der Waals surface area contributed by atoms with Crippen LogP contribution >= 0.6 is 0 Å². The molecule has 1 rings (SSSR count). The summed E-state index contributed by atoms with van der Waals surface area (Å²) in [5, 5.41) is 6.27. The molecule has 0 saturated carbocycles. The maximum absolute atomic E-state index is 12.4. The average molecular weight is 310 g/mol. The van der Waals surface area contributed by atoms with E-state index in [0.29, 0.717) is 11.3 Å². The van der Waals surface area contributed by atoms with E-state index < -0.39 is 10.8 Å². The topological polar surface area (TPSA) is 58.2 Å². The summed E-state index contributed by atoms with van der Waals surface area (Å²) in [6.45, 7) is 6.89. The number of hydrogen-bond acceptors (Lipinski definition) is 3. The van der Waals surface area contributed by atoms with E-state index in [1.165, 1.54) is 0 Å². The van der Waals surface area contributed by atoms with Crippen LogP contribution in [-0.4, -0.2) is 34.7 Å². The molecule has 118 valence electrons. The Morgan fingerprint density at radius 1 is 1.38 bits per heavy atom. The molecule has 0 heterocycles. The van der Waals surface area contributed by atoms with Crippen LogP contribution in [0.1, 0.15) is 42.6 Å². The smallest absolute Gasteiger partial charge is 0.253 e. The van der Waals surface area contributed by atoms with Crippen molar-refractivity contribution in [1.29, 1.82) is 0 Å². The van der Waals surface area contributed by atoms with Crippen LogP contribution in [0.4, 0.5) is 5.69 Å². The molecule has 1 aromatic carbocycles. The number of aryl methyl sites for hydroxylation is 1. The molecule has 4 nitrogen and oxygen atoms in total. The second kappa shape index (κ2) is 8.82. The van der Waals surface area contributed by atoms with E-state index in [4.69, 9.17) is 0 Å². The highest BCUT2D eigenvalue weighted by Crippen LogP contribution is 2.18. The molecule has 0 aliphatic carbocycles. The standard InChI is InChI=1S/C16H26N2O2S/c1-5-9-17-15-11-12(2)6-7-14(15)16(19)18-13(3)8-10-21(4)20/h6-7,11,13,17H,5,8-10H2,1-4H3,(H,18,19). The van der Waals surface area contributed by atoms with E-state index >= 15 is 0 Å². The van der Waals surface area contributed by atoms with E-state index in [0.717, 1.165) is 30.6 Å². The number of hydrogen-bond donors (Lipinski definition) is 2. The highest BCUT2D eigenvalue weighted by molar-refractivity contribution is 7.84. The van der Waals surface area contributed by atoms with Gasteiger partial charge in [-0.15, -0.1) is 0 Å². The number of rotatable bonds is 8. The zero-order valence-corrected chi connectivity index (χ0v) is 14.2. The van der Waals surface area contributed by atoms with Crippen molar-refractivity contribution in [3.8, 4) is 0 Å². The van der Waals surface area contributed by atoms with Gasteiger partial charge in [-0.3, -0.25) is 9.00 Å². The lowest BCUT2D eigenvalue weighted by atomic mass is 10.1. The molecule has 21 heavy (non-hydrogen) atoms. The summed E-state index contributed by atoms with van der Waals surface area (Å²) in [6.07, 6.45) is 3.41. The Kier molecular flexibility index (Phi) is 7.43. The molecule has 2 unspecified atom stereocenters. The molecule has 0 aromatic heterocycles. The first-order chi connectivity index (χ1) is 9.93. The van der Waals surface area contributed by atoms with Gasteiger partial charge in [-0.25, -0.2) is 0 Å². The maximum Gasteiger partial charge on any atom is 0.253 e. The second-order valence-corrected chi connectivity index (χ2v) is 6.97. The summed E-state index contributed by atoms with van der Waals surface area (Å²) in [7, 11) is -0.821. The van der Waals surface area contributed by atoms with Crippen molar-refractivity contribution in [3.05, 3.63) is 29.3 Å². The van der Waals surface area contributed by atoms with Crippen molar-refractivity contribution in [1.82, 2.24) is 5.32 Å². The summed E-state index contributed by atoms with van der Waals surface area (Å²) in [5.74, 6) is 0.527. The summed E-state index contributed by atoms with van der Waals surface area (Å²) >= 11 is 0. The monoisotopic (exact) mass is 310 g/mol. The molecular weight excluding hydrogens is 284 g/mol. The predicted octanol–water partition coefficient (Wildman–Crippen LogP) is 2.70. The minimum atomic E-state index is -0.821. The molecule has 0 aliphatic rings. The highest BCUT2D eigenvalue weighted by Gasteiger charge is 2.14. The Bertz CT molecular complexity index is 503. The van der Waals surface area contributed by atoms with E-state index in [1.54, 1.807) is 6.26 Å². The van der Waals surface area contributed by atoms with Gasteiger partial charge in [0.25, 0.3) is 5.91 Å². The third kappa shape index (κ3) is 6.29. The molecule has 5 heteroatoms. The first-order valence-electron chi connectivity index (χ1n) is 7.39. The van der Waals surface area contributed by atoms with Crippen LogP contribution in [0.3, 0.4) is 0 Å². The Morgan fingerprint density at radius 2 is 2.10 bits per heavy atom. The van der Waals surface area contributed by atoms with Gasteiger partial charge < -0.3 is 10.6 Å². The third-order valence-electron chi connectivity index (χ3n) is 3.20. The number of carbonyl (C=O) groups is 1. The van der Waals surface area contributed by atoms with E-state index in [9.17, 15) is 9.00 Å². The van der Waals surface area contributed by atoms with Gasteiger partial charge in [0.15, 0.2) is 0 Å². The van der Waals surface area contributed by atoms with Gasteiger partial charge in [-0.2, -0.15) is 0 Å². The molecule has 2 atom stereocenters. The summed E-state index contributed by atoms with van der Waals surface area (Å²) < 4.78 is 11.1. The van der Waals surface area contributed by atoms with Gasteiger partial charge >= 0.3 is 0 Å². The van der Waals surface area contributed by atoms with Gasteiger partial charge in [0.2, 0.25) is 0 Å². The normalized spacial score (nSPS) is 13.5. The highest BCUT2D eigenvalue weighted by atomic mass is 32.2. The first kappa shape index (κ1) is 17.7. The van der Waals surface area contributed by atoms with Crippen LogP contribution in [0.2, 0.25) is 0 Å². The Balaban J connectivity index is 2.74. The molecule has 0 aliphatic heterocycles. The lowest BCUT2D eigenvalue weighted by Gasteiger charge is -2.16. The molecule has 0 radical (unpaired) electrons.